The van der Waals surface area contributed by atoms with Gasteiger partial charge in [0.15, 0.2) is 5.78 Å². The average molecular weight is 913 g/mol. The number of benzene rings is 1. The van der Waals surface area contributed by atoms with E-state index in [9.17, 15) is 28.8 Å². The van der Waals surface area contributed by atoms with Gasteiger partial charge >= 0.3 is 6.03 Å². The predicted octanol–water partition coefficient (Wildman–Crippen LogP) is 4.06. The fourth-order valence-electron chi connectivity index (χ4n) is 11.2. The van der Waals surface area contributed by atoms with Crippen molar-refractivity contribution in [3.8, 4) is 0 Å². The first-order valence-electron chi connectivity index (χ1n) is 24.2. The van der Waals surface area contributed by atoms with Crippen molar-refractivity contribution in [1.29, 1.82) is 0 Å². The van der Waals surface area contributed by atoms with E-state index in [1.54, 1.807) is 22.6 Å². The number of nitrogens with one attached hydrogen (secondary N) is 2. The van der Waals surface area contributed by atoms with Crippen LogP contribution in [-0.2, 0) is 16.1 Å². The number of imide groups is 1. The number of nitrogens with zero attached hydrogens (tertiary/aromatic N) is 10. The van der Waals surface area contributed by atoms with Crippen LogP contribution in [0.2, 0.25) is 0 Å². The van der Waals surface area contributed by atoms with E-state index in [-0.39, 0.29) is 53.1 Å². The van der Waals surface area contributed by atoms with Crippen molar-refractivity contribution >= 4 is 58.0 Å². The average Bonchev–Trinajstić information content (AvgIpc) is 3.99. The topological polar surface area (TPSA) is 190 Å². The highest BCUT2D eigenvalue weighted by Gasteiger charge is 2.39. The molecule has 18 nitrogen and oxygen atoms in total. The summed E-state index contributed by atoms with van der Waals surface area (Å²) in [6.07, 6.45) is 10.0. The zero-order chi connectivity index (χ0) is 46.3. The third kappa shape index (κ3) is 9.00. The highest BCUT2D eigenvalue weighted by molar-refractivity contribution is 6.05. The third-order valence-corrected chi connectivity index (χ3v) is 15.1. The molecule has 10 rings (SSSR count). The normalized spacial score (nSPS) is 21.3. The van der Waals surface area contributed by atoms with Gasteiger partial charge in [-0.2, -0.15) is 4.98 Å². The molecule has 3 aromatic heterocycles. The molecule has 2 N–H and O–H groups in total. The Bertz CT molecular complexity index is 2640. The lowest BCUT2D eigenvalue weighted by Crippen LogP contribution is -2.57. The van der Waals surface area contributed by atoms with Crippen LogP contribution >= 0.6 is 0 Å². The number of piperidine rings is 2. The second-order valence-electron chi connectivity index (χ2n) is 19.1. The van der Waals surface area contributed by atoms with Gasteiger partial charge in [0.2, 0.25) is 17.8 Å². The predicted molar refractivity (Wildman–Crippen MR) is 252 cm³/mol. The van der Waals surface area contributed by atoms with E-state index in [0.717, 1.165) is 102 Å². The Labute approximate surface area is 389 Å². The number of fused-ring (bicyclic) bond motifs is 2. The molecular weight excluding hydrogens is 853 g/mol. The molecule has 4 saturated heterocycles. The molecule has 5 fully saturated rings. The number of hydrogen-bond donors (Lipinski definition) is 2. The van der Waals surface area contributed by atoms with Gasteiger partial charge in [0.05, 0.1) is 17.4 Å². The van der Waals surface area contributed by atoms with Crippen molar-refractivity contribution in [1.82, 2.24) is 49.3 Å². The van der Waals surface area contributed by atoms with E-state index in [0.29, 0.717) is 79.0 Å². The molecule has 0 bridgehead atoms. The molecule has 18 heteroatoms. The number of likely N-dealkylation sites (tertiary alicyclic amines) is 1. The number of rotatable bonds is 10. The highest BCUT2D eigenvalue weighted by atomic mass is 16.2. The molecule has 1 unspecified atom stereocenters. The standard InChI is InChI=1S/C49H60N12O6/c1-31-39-29-51-48(54-44(39)61(36-5-3-4-6-36)47(66)43(31)32(2)62)52-41-11-8-37(28-50-41)57-23-25-59(26-24-57)49(67)58-21-19-56(20-22-58)18-17-55-15-13-33(14-16-55)34-7-9-38-35(27-34)30-60(46(38)65)40-10-12-42(63)53-45(40)64/h7-9,11,27-29,33,36,40H,3-6,10,12-26,30H2,1-2H3,(H,53,63,64)(H,50,51,52,54). The van der Waals surface area contributed by atoms with E-state index >= 15 is 0 Å². The fraction of sp³-hybridized carbons (Fsp3) is 0.531. The van der Waals surface area contributed by atoms with Gasteiger partial charge in [-0.3, -0.25) is 38.8 Å². The maximum absolute atomic E-state index is 13.6. The van der Waals surface area contributed by atoms with Gasteiger partial charge in [-0.1, -0.05) is 25.0 Å². The van der Waals surface area contributed by atoms with E-state index in [1.165, 1.54) is 12.5 Å². The van der Waals surface area contributed by atoms with Crippen LogP contribution in [0.15, 0.2) is 47.5 Å². The maximum atomic E-state index is 13.6. The summed E-state index contributed by atoms with van der Waals surface area (Å²) in [6.45, 7) is 13.5. The second kappa shape index (κ2) is 18.8. The first-order chi connectivity index (χ1) is 32.5. The molecule has 0 spiro atoms. The lowest BCUT2D eigenvalue weighted by molar-refractivity contribution is -0.136. The molecule has 8 heterocycles. The van der Waals surface area contributed by atoms with Crippen molar-refractivity contribution in [2.75, 3.05) is 88.8 Å². The van der Waals surface area contributed by atoms with E-state index in [4.69, 9.17) is 4.98 Å². The smallest absolute Gasteiger partial charge is 0.320 e. The Hall–Kier alpha value is -6.27. The molecule has 0 radical (unpaired) electrons. The maximum Gasteiger partial charge on any atom is 0.320 e. The third-order valence-electron chi connectivity index (χ3n) is 15.1. The summed E-state index contributed by atoms with van der Waals surface area (Å²) in [4.78, 5) is 104. The van der Waals surface area contributed by atoms with Crippen LogP contribution in [0, 0.1) is 6.92 Å². The van der Waals surface area contributed by atoms with Crippen LogP contribution in [0.5, 0.6) is 0 Å². The monoisotopic (exact) mass is 912 g/mol. The van der Waals surface area contributed by atoms with Gasteiger partial charge in [0.1, 0.15) is 17.5 Å². The fourth-order valence-corrected chi connectivity index (χ4v) is 11.2. The quantitative estimate of drug-likeness (QED) is 0.172. The number of pyridine rings is 2. The van der Waals surface area contributed by atoms with E-state index < -0.39 is 6.04 Å². The lowest BCUT2D eigenvalue weighted by Gasteiger charge is -2.41. The summed E-state index contributed by atoms with van der Waals surface area (Å²) < 4.78 is 1.71. The Kier molecular flexibility index (Phi) is 12.5. The number of carbonyl (C=O) groups is 5. The number of aromatic nitrogens is 4. The molecule has 1 saturated carbocycles. The van der Waals surface area contributed by atoms with Gasteiger partial charge in [0, 0.05) is 102 Å². The molecule has 6 aliphatic rings. The highest BCUT2D eigenvalue weighted by Crippen LogP contribution is 2.35. The first-order valence-corrected chi connectivity index (χ1v) is 24.2. The largest absolute Gasteiger partial charge is 0.367 e. The van der Waals surface area contributed by atoms with Crippen molar-refractivity contribution in [2.24, 2.45) is 0 Å². The zero-order valence-electron chi connectivity index (χ0n) is 38.5. The lowest BCUT2D eigenvalue weighted by atomic mass is 9.88. The summed E-state index contributed by atoms with van der Waals surface area (Å²) >= 11 is 0. The number of aryl methyl sites for hydroxylation is 1. The van der Waals surface area contributed by atoms with E-state index in [1.807, 2.05) is 34.2 Å². The molecule has 1 aromatic carbocycles. The molecular formula is C49H60N12O6. The molecule has 4 aromatic rings. The van der Waals surface area contributed by atoms with Crippen molar-refractivity contribution in [3.05, 3.63) is 80.9 Å². The Morgan fingerprint density at radius 2 is 1.49 bits per heavy atom. The summed E-state index contributed by atoms with van der Waals surface area (Å²) in [5.74, 6) is 0.289. The molecule has 1 aliphatic carbocycles. The summed E-state index contributed by atoms with van der Waals surface area (Å²) in [6, 6.07) is 9.57. The minimum Gasteiger partial charge on any atom is -0.367 e. The Morgan fingerprint density at radius 3 is 2.16 bits per heavy atom. The minimum absolute atomic E-state index is 0.000507. The number of anilines is 3. The van der Waals surface area contributed by atoms with Crippen LogP contribution in [0.3, 0.4) is 0 Å². The zero-order valence-corrected chi connectivity index (χ0v) is 38.5. The van der Waals surface area contributed by atoms with E-state index in [2.05, 4.69) is 47.4 Å². The Balaban J connectivity index is 0.654. The Morgan fingerprint density at radius 1 is 0.791 bits per heavy atom. The van der Waals surface area contributed by atoms with Crippen LogP contribution in [0.25, 0.3) is 11.0 Å². The molecule has 352 valence electrons. The van der Waals surface area contributed by atoms with Gasteiger partial charge < -0.3 is 29.8 Å². The van der Waals surface area contributed by atoms with Crippen LogP contribution in [0.1, 0.15) is 108 Å². The van der Waals surface area contributed by atoms with Crippen LogP contribution in [-0.4, -0.2) is 158 Å². The molecule has 5 aliphatic heterocycles. The summed E-state index contributed by atoms with van der Waals surface area (Å²) in [5, 5.41) is 6.29. The van der Waals surface area contributed by atoms with Crippen molar-refractivity contribution < 1.29 is 24.0 Å². The minimum atomic E-state index is -0.598. The van der Waals surface area contributed by atoms with Gasteiger partial charge in [-0.25, -0.2) is 14.8 Å². The molecule has 67 heavy (non-hydrogen) atoms. The number of ketones is 1. The number of amides is 5. The number of hydrogen-bond acceptors (Lipinski definition) is 13. The summed E-state index contributed by atoms with van der Waals surface area (Å²) in [5.41, 5.74) is 4.92. The summed E-state index contributed by atoms with van der Waals surface area (Å²) in [7, 11) is 0. The van der Waals surface area contributed by atoms with Gasteiger partial charge in [-0.15, -0.1) is 0 Å². The molecule has 5 amide bonds. The van der Waals surface area contributed by atoms with Gasteiger partial charge in [0.25, 0.3) is 11.5 Å². The number of piperazine rings is 2. The van der Waals surface area contributed by atoms with Crippen LogP contribution in [0.4, 0.5) is 22.2 Å². The van der Waals surface area contributed by atoms with Gasteiger partial charge in [-0.05, 0) is 99.8 Å². The first kappa shape index (κ1) is 44.6. The second-order valence-corrected chi connectivity index (χ2v) is 19.1. The number of Topliss-reactive ketones (excluding diaryl/α,β-unsaturated/α-hetero) is 1. The number of urea groups is 1. The molecule has 1 atom stereocenters. The van der Waals surface area contributed by atoms with Crippen LogP contribution < -0.4 is 21.1 Å². The van der Waals surface area contributed by atoms with Crippen molar-refractivity contribution in [3.63, 3.8) is 0 Å². The number of carbonyl (C=O) groups excluding carboxylic acids is 5. The SMILES string of the molecule is CC(=O)c1c(C)c2cnc(Nc3ccc(N4CCN(C(=O)N5CCN(CCN6CCC(c7ccc8c(c7)CN(C7CCC(=O)NC7=O)C8=O)CC6)CC5)CC4)cn3)nc2n(C2CCCC2)c1=O. The van der Waals surface area contributed by atoms with Crippen molar-refractivity contribution in [2.45, 2.75) is 89.8 Å².